The molecule has 1 aliphatic rings. The summed E-state index contributed by atoms with van der Waals surface area (Å²) < 4.78 is 41.5. The molecule has 2 N–H and O–H groups in total. The number of carbonyl (C=O) groups excluding carboxylic acids is 1. The van der Waals surface area contributed by atoms with Gasteiger partial charge >= 0.3 is 12.1 Å². The summed E-state index contributed by atoms with van der Waals surface area (Å²) >= 11 is 0. The fourth-order valence-corrected chi connectivity index (χ4v) is 2.06. The summed E-state index contributed by atoms with van der Waals surface area (Å²) in [7, 11) is 1.39. The van der Waals surface area contributed by atoms with E-state index in [-0.39, 0.29) is 6.61 Å². The standard InChI is InChI=1S/C11H16F3NO4/c1-19-6-10(3-2-4-10)9(18)15-7(8(16)17)5-11(12,13)14/h7H,2-6H2,1H3,(H,15,18)(H,16,17). The van der Waals surface area contributed by atoms with E-state index in [9.17, 15) is 22.8 Å². The third-order valence-corrected chi connectivity index (χ3v) is 3.25. The van der Waals surface area contributed by atoms with Gasteiger partial charge in [-0.1, -0.05) is 6.42 Å². The van der Waals surface area contributed by atoms with Crippen molar-refractivity contribution in [2.75, 3.05) is 13.7 Å². The van der Waals surface area contributed by atoms with E-state index in [1.54, 1.807) is 0 Å². The third kappa shape index (κ3) is 4.09. The number of hydrogen-bond donors (Lipinski definition) is 2. The van der Waals surface area contributed by atoms with Crippen LogP contribution in [-0.2, 0) is 14.3 Å². The molecule has 1 amide bonds. The molecule has 19 heavy (non-hydrogen) atoms. The highest BCUT2D eigenvalue weighted by atomic mass is 19.4. The molecule has 1 rings (SSSR count). The van der Waals surface area contributed by atoms with Crippen molar-refractivity contribution in [1.29, 1.82) is 0 Å². The molecule has 5 nitrogen and oxygen atoms in total. The first kappa shape index (κ1) is 15.7. The Morgan fingerprint density at radius 2 is 2.00 bits per heavy atom. The molecule has 0 heterocycles. The van der Waals surface area contributed by atoms with E-state index >= 15 is 0 Å². The molecule has 0 aromatic heterocycles. The highest BCUT2D eigenvalue weighted by molar-refractivity contribution is 5.88. The smallest absolute Gasteiger partial charge is 0.391 e. The average Bonchev–Trinajstić information content (AvgIpc) is 2.20. The van der Waals surface area contributed by atoms with Gasteiger partial charge in [0.2, 0.25) is 5.91 Å². The Balaban J connectivity index is 2.68. The summed E-state index contributed by atoms with van der Waals surface area (Å²) in [6.07, 6.45) is -4.48. The summed E-state index contributed by atoms with van der Waals surface area (Å²) in [6, 6.07) is -1.96. The molecule has 8 heteroatoms. The first-order valence-electron chi connectivity index (χ1n) is 5.80. The molecule has 0 spiro atoms. The second-order valence-corrected chi connectivity index (χ2v) is 4.75. The number of halogens is 3. The number of amides is 1. The van der Waals surface area contributed by atoms with Crippen LogP contribution in [0, 0.1) is 5.41 Å². The fraction of sp³-hybridized carbons (Fsp3) is 0.818. The van der Waals surface area contributed by atoms with E-state index in [0.29, 0.717) is 12.8 Å². The third-order valence-electron chi connectivity index (χ3n) is 3.25. The quantitative estimate of drug-likeness (QED) is 0.771. The Morgan fingerprint density at radius 1 is 1.42 bits per heavy atom. The number of carboxylic acids is 1. The van der Waals surface area contributed by atoms with Crippen LogP contribution in [0.3, 0.4) is 0 Å². The Hall–Kier alpha value is -1.31. The van der Waals surface area contributed by atoms with Gasteiger partial charge in [0.25, 0.3) is 0 Å². The van der Waals surface area contributed by atoms with Crippen LogP contribution < -0.4 is 5.32 Å². The van der Waals surface area contributed by atoms with Crippen molar-refractivity contribution < 1.29 is 32.6 Å². The molecular formula is C11H16F3NO4. The minimum Gasteiger partial charge on any atom is -0.480 e. The lowest BCUT2D eigenvalue weighted by molar-refractivity contribution is -0.162. The van der Waals surface area contributed by atoms with E-state index in [4.69, 9.17) is 9.84 Å². The van der Waals surface area contributed by atoms with Crippen molar-refractivity contribution in [3.05, 3.63) is 0 Å². The Bertz CT molecular complexity index is 352. The molecule has 0 aromatic carbocycles. The van der Waals surface area contributed by atoms with E-state index < -0.39 is 35.9 Å². The number of hydrogen-bond acceptors (Lipinski definition) is 3. The zero-order valence-corrected chi connectivity index (χ0v) is 10.4. The van der Waals surface area contributed by atoms with Crippen molar-refractivity contribution in [3.8, 4) is 0 Å². The van der Waals surface area contributed by atoms with Gasteiger partial charge in [0.05, 0.1) is 18.4 Å². The number of carboxylic acid groups (broad SMARTS) is 1. The summed E-state index contributed by atoms with van der Waals surface area (Å²) in [5.41, 5.74) is -0.881. The number of alkyl halides is 3. The van der Waals surface area contributed by atoms with Gasteiger partial charge in [-0.2, -0.15) is 13.2 Å². The second-order valence-electron chi connectivity index (χ2n) is 4.75. The molecule has 1 fully saturated rings. The molecule has 110 valence electrons. The van der Waals surface area contributed by atoms with Crippen LogP contribution in [-0.4, -0.2) is 42.9 Å². The van der Waals surface area contributed by atoms with Crippen molar-refractivity contribution in [1.82, 2.24) is 5.32 Å². The van der Waals surface area contributed by atoms with E-state index in [1.165, 1.54) is 7.11 Å². The maximum Gasteiger partial charge on any atom is 0.391 e. The minimum absolute atomic E-state index is 0.0805. The second kappa shape index (κ2) is 5.77. The van der Waals surface area contributed by atoms with Crippen LogP contribution in [0.15, 0.2) is 0 Å². The average molecular weight is 283 g/mol. The molecule has 1 saturated carbocycles. The van der Waals surface area contributed by atoms with Gasteiger partial charge in [-0.25, -0.2) is 4.79 Å². The molecule has 1 aliphatic carbocycles. The van der Waals surface area contributed by atoms with E-state index in [1.807, 2.05) is 5.32 Å². The van der Waals surface area contributed by atoms with Crippen molar-refractivity contribution in [3.63, 3.8) is 0 Å². The molecule has 0 aliphatic heterocycles. The number of carbonyl (C=O) groups is 2. The van der Waals surface area contributed by atoms with Crippen LogP contribution in [0.5, 0.6) is 0 Å². The predicted molar refractivity (Wildman–Crippen MR) is 58.4 cm³/mol. The van der Waals surface area contributed by atoms with Gasteiger partial charge < -0.3 is 15.2 Å². The molecule has 0 saturated heterocycles. The SMILES string of the molecule is COCC1(C(=O)NC(CC(F)(F)F)C(=O)O)CCC1. The predicted octanol–water partition coefficient (Wildman–Crippen LogP) is 1.32. The molecule has 0 radical (unpaired) electrons. The highest BCUT2D eigenvalue weighted by Gasteiger charge is 2.46. The van der Waals surface area contributed by atoms with E-state index in [0.717, 1.165) is 6.42 Å². The lowest BCUT2D eigenvalue weighted by Gasteiger charge is -2.40. The highest BCUT2D eigenvalue weighted by Crippen LogP contribution is 2.41. The van der Waals surface area contributed by atoms with Crippen molar-refractivity contribution >= 4 is 11.9 Å². The summed E-state index contributed by atoms with van der Waals surface area (Å²) in [5.74, 6) is -2.38. The lowest BCUT2D eigenvalue weighted by atomic mass is 9.68. The number of aliphatic carboxylic acids is 1. The molecule has 1 unspecified atom stereocenters. The Labute approximate surface area is 108 Å². The minimum atomic E-state index is -4.65. The van der Waals surface area contributed by atoms with Gasteiger partial charge in [-0.3, -0.25) is 4.79 Å². The van der Waals surface area contributed by atoms with Gasteiger partial charge in [0.15, 0.2) is 0 Å². The number of methoxy groups -OCH3 is 1. The number of ether oxygens (including phenoxy) is 1. The first-order valence-corrected chi connectivity index (χ1v) is 5.80. The first-order chi connectivity index (χ1) is 8.70. The topological polar surface area (TPSA) is 75.6 Å². The fourth-order valence-electron chi connectivity index (χ4n) is 2.06. The Morgan fingerprint density at radius 3 is 2.32 bits per heavy atom. The molecule has 0 aromatic rings. The van der Waals surface area contributed by atoms with Crippen molar-refractivity contribution in [2.45, 2.75) is 37.9 Å². The van der Waals surface area contributed by atoms with Gasteiger partial charge in [0, 0.05) is 7.11 Å². The maximum atomic E-state index is 12.2. The normalized spacial score (nSPS) is 19.4. The van der Waals surface area contributed by atoms with Gasteiger partial charge in [-0.05, 0) is 12.8 Å². The summed E-state index contributed by atoms with van der Waals surface area (Å²) in [5, 5.41) is 10.7. The summed E-state index contributed by atoms with van der Waals surface area (Å²) in [6.45, 7) is 0.0805. The number of nitrogens with one attached hydrogen (secondary N) is 1. The van der Waals surface area contributed by atoms with Crippen LogP contribution in [0.1, 0.15) is 25.7 Å². The van der Waals surface area contributed by atoms with Gasteiger partial charge in [0.1, 0.15) is 6.04 Å². The van der Waals surface area contributed by atoms with Crippen molar-refractivity contribution in [2.24, 2.45) is 5.41 Å². The zero-order valence-electron chi connectivity index (χ0n) is 10.4. The lowest BCUT2D eigenvalue weighted by Crippen LogP contribution is -2.54. The molecule has 1 atom stereocenters. The van der Waals surface area contributed by atoms with Crippen LogP contribution in [0.2, 0.25) is 0 Å². The van der Waals surface area contributed by atoms with E-state index in [2.05, 4.69) is 0 Å². The van der Waals surface area contributed by atoms with Crippen LogP contribution >= 0.6 is 0 Å². The Kier molecular flexibility index (Phi) is 4.78. The molecule has 0 bridgehead atoms. The zero-order chi connectivity index (χ0) is 14.7. The van der Waals surface area contributed by atoms with Crippen LogP contribution in [0.25, 0.3) is 0 Å². The van der Waals surface area contributed by atoms with Crippen LogP contribution in [0.4, 0.5) is 13.2 Å². The largest absolute Gasteiger partial charge is 0.480 e. The number of rotatable bonds is 6. The molecular weight excluding hydrogens is 267 g/mol. The monoisotopic (exact) mass is 283 g/mol. The van der Waals surface area contributed by atoms with Gasteiger partial charge in [-0.15, -0.1) is 0 Å². The maximum absolute atomic E-state index is 12.2. The summed E-state index contributed by atoms with van der Waals surface area (Å²) in [4.78, 5) is 22.7.